The number of hydrogen-bond acceptors (Lipinski definition) is 6. The second kappa shape index (κ2) is 17.0. The van der Waals surface area contributed by atoms with Gasteiger partial charge in [0.05, 0.1) is 6.04 Å². The lowest BCUT2D eigenvalue weighted by Gasteiger charge is -2.34. The minimum absolute atomic E-state index is 0.148. The fraction of sp³-hybridized carbons (Fsp3) is 0.286. The number of carbonyl (C=O) groups excluding carboxylic acids is 4. The van der Waals surface area contributed by atoms with Crippen molar-refractivity contribution in [2.24, 2.45) is 0 Å². The van der Waals surface area contributed by atoms with Crippen LogP contribution in [0.15, 0.2) is 121 Å². The maximum Gasteiger partial charge on any atom is 0.247 e. The number of carbonyl (C=O) groups is 4. The number of nitrogens with one attached hydrogen (secondary N) is 3. The van der Waals surface area contributed by atoms with E-state index < -0.39 is 48.0 Å². The van der Waals surface area contributed by atoms with E-state index in [1.165, 1.54) is 0 Å². The van der Waals surface area contributed by atoms with Gasteiger partial charge in [0.15, 0.2) is 6.10 Å². The third-order valence-electron chi connectivity index (χ3n) is 9.59. The van der Waals surface area contributed by atoms with Gasteiger partial charge in [-0.3, -0.25) is 24.1 Å². The minimum atomic E-state index is -1.27. The molecule has 1 saturated heterocycles. The molecule has 3 N–H and O–H groups in total. The zero-order valence-electron chi connectivity index (χ0n) is 29.5. The first-order chi connectivity index (χ1) is 25.3. The van der Waals surface area contributed by atoms with Gasteiger partial charge in [-0.05, 0) is 73.8 Å². The summed E-state index contributed by atoms with van der Waals surface area (Å²) in [7, 11) is 3.73. The Labute approximate surface area is 304 Å². The van der Waals surface area contributed by atoms with Crippen LogP contribution in [0.3, 0.4) is 0 Å². The highest BCUT2D eigenvalue weighted by Gasteiger charge is 2.42. The van der Waals surface area contributed by atoms with Crippen LogP contribution in [0, 0.1) is 0 Å². The Morgan fingerprint density at radius 3 is 2.13 bits per heavy atom. The van der Waals surface area contributed by atoms with Gasteiger partial charge < -0.3 is 25.6 Å². The monoisotopic (exact) mass is 699 g/mol. The van der Waals surface area contributed by atoms with E-state index in [0.717, 1.165) is 16.7 Å². The summed E-state index contributed by atoms with van der Waals surface area (Å²) in [6, 6.07) is 32.2. The molecule has 3 aliphatic rings. The maximum atomic E-state index is 14.5. The van der Waals surface area contributed by atoms with Crippen LogP contribution in [-0.4, -0.2) is 78.2 Å². The van der Waals surface area contributed by atoms with Crippen LogP contribution in [0.1, 0.15) is 41.2 Å². The quantitative estimate of drug-likeness (QED) is 0.240. The van der Waals surface area contributed by atoms with Crippen LogP contribution in [0.5, 0.6) is 5.75 Å². The lowest BCUT2D eigenvalue weighted by Crippen LogP contribution is -2.59. The summed E-state index contributed by atoms with van der Waals surface area (Å²) in [6.07, 6.45) is 4.13. The standard InChI is InChI=1S/C42H45N5O5/c1-46(2)36(28-31-15-8-4-9-16-31)42(51)47-26-12-19-35(47)40(49)45-37-38(32-17-10-5-11-18-32)52-33-22-20-29(21-23-33)24-25-43-39(48)34(44-41(37)50)27-30-13-6-3-7-14-30/h3-11,13-18,20-25,34-38H,12,19,26-28H2,1-2H3,(H,43,48)(H,44,50)(H,45,49). The number of nitrogens with zero attached hydrogens (tertiary/aromatic N) is 2. The Morgan fingerprint density at radius 1 is 0.846 bits per heavy atom. The molecule has 0 aromatic heterocycles. The van der Waals surface area contributed by atoms with E-state index in [4.69, 9.17) is 4.74 Å². The second-order valence-electron chi connectivity index (χ2n) is 13.5. The van der Waals surface area contributed by atoms with Crippen LogP contribution in [0.2, 0.25) is 0 Å². The van der Waals surface area contributed by atoms with Gasteiger partial charge in [-0.15, -0.1) is 0 Å². The molecule has 52 heavy (non-hydrogen) atoms. The van der Waals surface area contributed by atoms with Gasteiger partial charge in [-0.25, -0.2) is 0 Å². The van der Waals surface area contributed by atoms with Gasteiger partial charge in [-0.1, -0.05) is 103 Å². The molecule has 10 nitrogen and oxygen atoms in total. The van der Waals surface area contributed by atoms with Gasteiger partial charge >= 0.3 is 0 Å². The van der Waals surface area contributed by atoms with Crippen LogP contribution in [-0.2, 0) is 32.0 Å². The third-order valence-corrected chi connectivity index (χ3v) is 9.59. The number of hydrogen-bond donors (Lipinski definition) is 3. The Kier molecular flexibility index (Phi) is 11.8. The topological polar surface area (TPSA) is 120 Å². The molecular formula is C42H45N5O5. The number of rotatable bonds is 9. The van der Waals surface area contributed by atoms with Gasteiger partial charge in [0, 0.05) is 19.2 Å². The fourth-order valence-electron chi connectivity index (χ4n) is 6.77. The molecule has 10 heteroatoms. The number of fused-ring (bicyclic) bond motifs is 10. The molecule has 5 atom stereocenters. The van der Waals surface area contributed by atoms with E-state index in [2.05, 4.69) is 16.0 Å². The highest BCUT2D eigenvalue weighted by molar-refractivity contribution is 5.96. The number of benzene rings is 4. The summed E-state index contributed by atoms with van der Waals surface area (Å²) in [5, 5.41) is 8.75. The lowest BCUT2D eigenvalue weighted by atomic mass is 9.98. The van der Waals surface area contributed by atoms with Gasteiger partial charge in [-0.2, -0.15) is 0 Å². The van der Waals surface area contributed by atoms with Crippen LogP contribution < -0.4 is 20.7 Å². The predicted octanol–water partition coefficient (Wildman–Crippen LogP) is 4.28. The SMILES string of the molecule is CN(C)C(Cc1ccccc1)C(=O)N1CCCC1C(=O)NC1C(=O)NC(Cc2ccccc2)C(=O)NC=Cc2ccc(cc2)OC1c1ccccc1. The largest absolute Gasteiger partial charge is 0.483 e. The Bertz CT molecular complexity index is 1850. The van der Waals surface area contributed by atoms with E-state index in [9.17, 15) is 19.2 Å². The van der Waals surface area contributed by atoms with Crippen molar-refractivity contribution in [2.45, 2.75) is 56.0 Å². The summed E-state index contributed by atoms with van der Waals surface area (Å²) in [6.45, 7) is 0.421. The summed E-state index contributed by atoms with van der Waals surface area (Å²) in [5.74, 6) is -1.12. The smallest absolute Gasteiger partial charge is 0.247 e. The van der Waals surface area contributed by atoms with Crippen molar-refractivity contribution in [3.63, 3.8) is 0 Å². The molecule has 5 unspecified atom stereocenters. The molecule has 0 aliphatic carbocycles. The molecular weight excluding hydrogens is 654 g/mol. The maximum absolute atomic E-state index is 14.5. The first-order valence-electron chi connectivity index (χ1n) is 17.7. The molecule has 0 radical (unpaired) electrons. The number of ether oxygens (including phenoxy) is 1. The summed E-state index contributed by atoms with van der Waals surface area (Å²) >= 11 is 0. The molecule has 3 aliphatic heterocycles. The van der Waals surface area contributed by atoms with Crippen molar-refractivity contribution >= 4 is 29.7 Å². The average molecular weight is 700 g/mol. The number of amides is 4. The van der Waals surface area contributed by atoms with Crippen LogP contribution >= 0.6 is 0 Å². The van der Waals surface area contributed by atoms with Crippen molar-refractivity contribution < 1.29 is 23.9 Å². The van der Waals surface area contributed by atoms with E-state index in [0.29, 0.717) is 37.1 Å². The molecule has 0 saturated carbocycles. The van der Waals surface area contributed by atoms with E-state index in [-0.39, 0.29) is 12.3 Å². The lowest BCUT2D eigenvalue weighted by molar-refractivity contribution is -0.143. The number of likely N-dealkylation sites (tertiary alicyclic amines) is 1. The summed E-state index contributed by atoms with van der Waals surface area (Å²) in [5.41, 5.74) is 3.36. The zero-order valence-corrected chi connectivity index (χ0v) is 29.5. The van der Waals surface area contributed by atoms with Gasteiger partial charge in [0.25, 0.3) is 0 Å². The van der Waals surface area contributed by atoms with E-state index in [1.807, 2.05) is 122 Å². The minimum Gasteiger partial charge on any atom is -0.483 e. The first-order valence-corrected chi connectivity index (χ1v) is 17.7. The molecule has 4 amide bonds. The van der Waals surface area contributed by atoms with Crippen molar-refractivity contribution in [2.75, 3.05) is 20.6 Å². The predicted molar refractivity (Wildman–Crippen MR) is 200 cm³/mol. The van der Waals surface area contributed by atoms with Crippen molar-refractivity contribution in [1.29, 1.82) is 0 Å². The van der Waals surface area contributed by atoms with Crippen molar-refractivity contribution in [3.05, 3.63) is 144 Å². The van der Waals surface area contributed by atoms with Gasteiger partial charge in [0.1, 0.15) is 23.9 Å². The Morgan fingerprint density at radius 2 is 1.48 bits per heavy atom. The zero-order chi connectivity index (χ0) is 36.5. The van der Waals surface area contributed by atoms with E-state index >= 15 is 0 Å². The highest BCUT2D eigenvalue weighted by Crippen LogP contribution is 2.28. The van der Waals surface area contributed by atoms with E-state index in [1.54, 1.807) is 29.3 Å². The molecule has 0 spiro atoms. The molecule has 4 aromatic rings. The molecule has 2 bridgehead atoms. The third kappa shape index (κ3) is 8.94. The normalized spacial score (nSPS) is 21.1. The Balaban J connectivity index is 1.33. The molecule has 268 valence electrons. The number of likely N-dealkylation sites (N-methyl/N-ethyl adjacent to an activating group) is 1. The van der Waals surface area contributed by atoms with Crippen molar-refractivity contribution in [1.82, 2.24) is 25.8 Å². The molecule has 3 heterocycles. The second-order valence-corrected chi connectivity index (χ2v) is 13.5. The van der Waals surface area contributed by atoms with Gasteiger partial charge in [0.2, 0.25) is 23.6 Å². The van der Waals surface area contributed by atoms with Crippen LogP contribution in [0.25, 0.3) is 6.08 Å². The first kappa shape index (κ1) is 36.1. The summed E-state index contributed by atoms with van der Waals surface area (Å²) in [4.78, 5) is 60.2. The van der Waals surface area contributed by atoms with Crippen LogP contribution in [0.4, 0.5) is 0 Å². The fourth-order valence-corrected chi connectivity index (χ4v) is 6.77. The molecule has 7 rings (SSSR count). The molecule has 4 aromatic carbocycles. The highest BCUT2D eigenvalue weighted by atomic mass is 16.5. The summed E-state index contributed by atoms with van der Waals surface area (Å²) < 4.78 is 6.55. The molecule has 1 fully saturated rings. The van der Waals surface area contributed by atoms with Crippen molar-refractivity contribution in [3.8, 4) is 5.75 Å². The average Bonchev–Trinajstić information content (AvgIpc) is 3.66. The Hall–Kier alpha value is -5.74.